The van der Waals surface area contributed by atoms with Crippen LogP contribution in [0.25, 0.3) is 0 Å². The summed E-state index contributed by atoms with van der Waals surface area (Å²) in [6.07, 6.45) is 2.42. The van der Waals surface area contributed by atoms with Crippen LogP contribution in [-0.4, -0.2) is 66.6 Å². The van der Waals surface area contributed by atoms with E-state index < -0.39 is 0 Å². The minimum Gasteiger partial charge on any atom is -0.377 e. The minimum atomic E-state index is -0.199. The molecule has 0 saturated carbocycles. The topological polar surface area (TPSA) is 74.8 Å². The molecule has 1 aliphatic heterocycles. The van der Waals surface area contributed by atoms with E-state index in [9.17, 15) is 9.59 Å². The van der Waals surface area contributed by atoms with Crippen molar-refractivity contribution in [3.8, 4) is 0 Å². The zero-order chi connectivity index (χ0) is 17.7. The number of ether oxygens (including phenoxy) is 1. The summed E-state index contributed by atoms with van der Waals surface area (Å²) in [4.78, 5) is 31.9. The fraction of sp³-hybridized carbons (Fsp3) is 0.588. The van der Waals surface area contributed by atoms with Crippen LogP contribution in [0, 0.1) is 5.92 Å². The molecule has 1 aromatic rings. The highest BCUT2D eigenvalue weighted by atomic mass is 16.5. The second-order valence-electron chi connectivity index (χ2n) is 6.61. The van der Waals surface area contributed by atoms with E-state index in [0.29, 0.717) is 37.1 Å². The molecule has 7 heteroatoms. The van der Waals surface area contributed by atoms with E-state index in [-0.39, 0.29) is 18.0 Å². The summed E-state index contributed by atoms with van der Waals surface area (Å²) in [5.74, 6) is 0.285. The highest BCUT2D eigenvalue weighted by Gasteiger charge is 2.28. The summed E-state index contributed by atoms with van der Waals surface area (Å²) in [6.45, 7) is 5.94. The fourth-order valence-electron chi connectivity index (χ4n) is 2.71. The van der Waals surface area contributed by atoms with Crippen LogP contribution in [0.15, 0.2) is 18.3 Å². The molecule has 2 heterocycles. The number of carbonyl (C=O) groups is 2. The SMILES string of the molecule is CC(C)CC1COCCN1C(=O)Nc1ccnc(C(=O)N(C)C)c1. The van der Waals surface area contributed by atoms with E-state index in [1.807, 2.05) is 4.90 Å². The number of nitrogens with zero attached hydrogens (tertiary/aromatic N) is 3. The van der Waals surface area contributed by atoms with E-state index in [0.717, 1.165) is 6.42 Å². The van der Waals surface area contributed by atoms with Crippen LogP contribution in [0.3, 0.4) is 0 Å². The molecule has 1 fully saturated rings. The number of pyridine rings is 1. The van der Waals surface area contributed by atoms with Crippen molar-refractivity contribution in [2.24, 2.45) is 5.92 Å². The van der Waals surface area contributed by atoms with Gasteiger partial charge in [-0.2, -0.15) is 0 Å². The quantitative estimate of drug-likeness (QED) is 0.914. The van der Waals surface area contributed by atoms with Gasteiger partial charge in [0.05, 0.1) is 19.3 Å². The van der Waals surface area contributed by atoms with Crippen LogP contribution in [0.2, 0.25) is 0 Å². The summed E-state index contributed by atoms with van der Waals surface area (Å²) < 4.78 is 5.51. The molecule has 1 aliphatic rings. The lowest BCUT2D eigenvalue weighted by molar-refractivity contribution is 0.00857. The molecule has 1 aromatic heterocycles. The minimum absolute atomic E-state index is 0.0727. The number of anilines is 1. The van der Waals surface area contributed by atoms with E-state index in [2.05, 4.69) is 24.1 Å². The van der Waals surface area contributed by atoms with Crippen molar-refractivity contribution in [2.75, 3.05) is 39.2 Å². The Bertz CT molecular complexity index is 589. The van der Waals surface area contributed by atoms with Crippen LogP contribution in [0.1, 0.15) is 30.8 Å². The Labute approximate surface area is 143 Å². The van der Waals surface area contributed by atoms with Crippen LogP contribution >= 0.6 is 0 Å². The lowest BCUT2D eigenvalue weighted by atomic mass is 10.0. The molecule has 24 heavy (non-hydrogen) atoms. The first-order valence-corrected chi connectivity index (χ1v) is 8.21. The van der Waals surface area contributed by atoms with Crippen molar-refractivity contribution in [2.45, 2.75) is 26.3 Å². The van der Waals surface area contributed by atoms with Gasteiger partial charge in [-0.1, -0.05) is 13.8 Å². The van der Waals surface area contributed by atoms with Gasteiger partial charge in [-0.05, 0) is 24.5 Å². The van der Waals surface area contributed by atoms with Gasteiger partial charge in [0.2, 0.25) is 0 Å². The molecule has 1 atom stereocenters. The highest BCUT2D eigenvalue weighted by Crippen LogP contribution is 2.18. The fourth-order valence-corrected chi connectivity index (χ4v) is 2.71. The number of nitrogens with one attached hydrogen (secondary N) is 1. The number of aromatic nitrogens is 1. The van der Waals surface area contributed by atoms with Gasteiger partial charge in [0.15, 0.2) is 0 Å². The van der Waals surface area contributed by atoms with Gasteiger partial charge in [0.1, 0.15) is 5.69 Å². The van der Waals surface area contributed by atoms with Crippen LogP contribution in [-0.2, 0) is 4.74 Å². The van der Waals surface area contributed by atoms with Gasteiger partial charge in [0.25, 0.3) is 5.91 Å². The average Bonchev–Trinajstić information content (AvgIpc) is 2.54. The molecule has 132 valence electrons. The molecule has 0 aliphatic carbocycles. The number of hydrogen-bond acceptors (Lipinski definition) is 4. The second-order valence-corrected chi connectivity index (χ2v) is 6.61. The van der Waals surface area contributed by atoms with Gasteiger partial charge in [-0.25, -0.2) is 4.79 Å². The predicted octanol–water partition coefficient (Wildman–Crippen LogP) is 2.06. The van der Waals surface area contributed by atoms with Crippen LogP contribution in [0.4, 0.5) is 10.5 Å². The maximum Gasteiger partial charge on any atom is 0.322 e. The molecule has 0 aromatic carbocycles. The zero-order valence-corrected chi connectivity index (χ0v) is 14.8. The van der Waals surface area contributed by atoms with Gasteiger partial charge in [0, 0.05) is 32.5 Å². The first-order chi connectivity index (χ1) is 11.4. The Morgan fingerprint density at radius 1 is 1.46 bits per heavy atom. The maximum atomic E-state index is 12.6. The van der Waals surface area contributed by atoms with E-state index in [4.69, 9.17) is 4.74 Å². The Morgan fingerprint density at radius 3 is 2.88 bits per heavy atom. The van der Waals surface area contributed by atoms with Crippen molar-refractivity contribution >= 4 is 17.6 Å². The smallest absolute Gasteiger partial charge is 0.322 e. The van der Waals surface area contributed by atoms with Crippen LogP contribution in [0.5, 0.6) is 0 Å². The van der Waals surface area contributed by atoms with Gasteiger partial charge < -0.3 is 19.9 Å². The first kappa shape index (κ1) is 18.2. The number of carbonyl (C=O) groups excluding carboxylic acids is 2. The molecule has 1 unspecified atom stereocenters. The Balaban J connectivity index is 2.08. The molecule has 7 nitrogen and oxygen atoms in total. The van der Waals surface area contributed by atoms with E-state index >= 15 is 0 Å². The third kappa shape index (κ3) is 4.67. The van der Waals surface area contributed by atoms with Crippen molar-refractivity contribution in [3.05, 3.63) is 24.0 Å². The third-order valence-electron chi connectivity index (χ3n) is 3.87. The maximum absolute atomic E-state index is 12.6. The van der Waals surface area contributed by atoms with Gasteiger partial charge in [-0.3, -0.25) is 9.78 Å². The standard InChI is InChI=1S/C17H26N4O3/c1-12(2)9-14-11-24-8-7-21(14)17(23)19-13-5-6-18-15(10-13)16(22)20(3)4/h5-6,10,12,14H,7-9,11H2,1-4H3,(H,18,19,23). The summed E-state index contributed by atoms with van der Waals surface area (Å²) in [7, 11) is 3.33. The number of rotatable bonds is 4. The molecule has 3 amide bonds. The lowest BCUT2D eigenvalue weighted by Gasteiger charge is -2.36. The Hall–Kier alpha value is -2.15. The molecule has 0 spiro atoms. The first-order valence-electron chi connectivity index (χ1n) is 8.21. The monoisotopic (exact) mass is 334 g/mol. The molecular formula is C17H26N4O3. The van der Waals surface area contributed by atoms with Crippen molar-refractivity contribution in [1.82, 2.24) is 14.8 Å². The van der Waals surface area contributed by atoms with Crippen molar-refractivity contribution in [3.63, 3.8) is 0 Å². The second kappa shape index (κ2) is 8.10. The third-order valence-corrected chi connectivity index (χ3v) is 3.87. The predicted molar refractivity (Wildman–Crippen MR) is 92.0 cm³/mol. The number of urea groups is 1. The van der Waals surface area contributed by atoms with Crippen LogP contribution < -0.4 is 5.32 Å². The zero-order valence-electron chi connectivity index (χ0n) is 14.8. The summed E-state index contributed by atoms with van der Waals surface area (Å²) in [5.41, 5.74) is 0.869. The van der Waals surface area contributed by atoms with Gasteiger partial charge >= 0.3 is 6.03 Å². The summed E-state index contributed by atoms with van der Waals surface area (Å²) >= 11 is 0. The van der Waals surface area contributed by atoms with Crippen molar-refractivity contribution < 1.29 is 14.3 Å². The molecule has 0 bridgehead atoms. The number of morpholine rings is 1. The number of amides is 3. The molecular weight excluding hydrogens is 308 g/mol. The van der Waals surface area contributed by atoms with Gasteiger partial charge in [-0.15, -0.1) is 0 Å². The molecule has 1 saturated heterocycles. The van der Waals surface area contributed by atoms with E-state index in [1.165, 1.54) is 11.1 Å². The number of hydrogen-bond donors (Lipinski definition) is 1. The van der Waals surface area contributed by atoms with Crippen molar-refractivity contribution in [1.29, 1.82) is 0 Å². The average molecular weight is 334 g/mol. The molecule has 0 radical (unpaired) electrons. The Morgan fingerprint density at radius 2 is 2.21 bits per heavy atom. The molecule has 1 N–H and O–H groups in total. The van der Waals surface area contributed by atoms with E-state index in [1.54, 1.807) is 26.2 Å². The largest absolute Gasteiger partial charge is 0.377 e. The lowest BCUT2D eigenvalue weighted by Crippen LogP contribution is -2.50. The summed E-state index contributed by atoms with van der Waals surface area (Å²) in [6, 6.07) is 3.18. The Kier molecular flexibility index (Phi) is 6.14. The highest BCUT2D eigenvalue weighted by molar-refractivity contribution is 5.95. The molecule has 2 rings (SSSR count). The normalized spacial score (nSPS) is 17.7. The summed E-state index contributed by atoms with van der Waals surface area (Å²) in [5, 5.41) is 2.87.